The molecular formula is C11H10Cl2N2S. The van der Waals surface area contributed by atoms with Crippen molar-refractivity contribution in [2.75, 3.05) is 0 Å². The summed E-state index contributed by atoms with van der Waals surface area (Å²) in [6, 6.07) is 3.60. The van der Waals surface area contributed by atoms with Crippen LogP contribution in [0.3, 0.4) is 0 Å². The van der Waals surface area contributed by atoms with Gasteiger partial charge in [0.15, 0.2) is 0 Å². The molecule has 0 aliphatic rings. The van der Waals surface area contributed by atoms with Crippen molar-refractivity contribution in [3.8, 4) is 10.6 Å². The van der Waals surface area contributed by atoms with E-state index in [0.717, 1.165) is 16.4 Å². The third kappa shape index (κ3) is 2.37. The van der Waals surface area contributed by atoms with E-state index >= 15 is 0 Å². The van der Waals surface area contributed by atoms with Crippen LogP contribution in [0, 0.1) is 0 Å². The highest BCUT2D eigenvalue weighted by Crippen LogP contribution is 2.33. The molecule has 2 nitrogen and oxygen atoms in total. The van der Waals surface area contributed by atoms with E-state index in [2.05, 4.69) is 9.97 Å². The molecule has 0 unspecified atom stereocenters. The minimum atomic E-state index is 0.246. The lowest BCUT2D eigenvalue weighted by Crippen LogP contribution is -1.98. The zero-order valence-corrected chi connectivity index (χ0v) is 11.2. The van der Waals surface area contributed by atoms with Crippen molar-refractivity contribution in [2.45, 2.75) is 19.8 Å². The molecule has 2 aromatic heterocycles. The van der Waals surface area contributed by atoms with Crippen molar-refractivity contribution in [3.63, 3.8) is 0 Å². The number of aromatic nitrogens is 2. The van der Waals surface area contributed by atoms with Gasteiger partial charge in [0, 0.05) is 12.0 Å². The molecule has 5 heteroatoms. The smallest absolute Gasteiger partial charge is 0.133 e. The molecule has 0 saturated carbocycles. The highest BCUT2D eigenvalue weighted by molar-refractivity contribution is 7.14. The summed E-state index contributed by atoms with van der Waals surface area (Å²) in [6.45, 7) is 4.07. The molecule has 0 radical (unpaired) electrons. The maximum Gasteiger partial charge on any atom is 0.133 e. The van der Waals surface area contributed by atoms with Crippen LogP contribution in [0.2, 0.25) is 10.2 Å². The fraction of sp³-hybridized carbons (Fsp3) is 0.273. The van der Waals surface area contributed by atoms with E-state index in [1.54, 1.807) is 17.4 Å². The van der Waals surface area contributed by atoms with Crippen LogP contribution in [0.1, 0.15) is 25.6 Å². The molecule has 0 aliphatic carbocycles. The lowest BCUT2D eigenvalue weighted by molar-refractivity contribution is 0.776. The summed E-state index contributed by atoms with van der Waals surface area (Å²) in [7, 11) is 0. The number of nitrogens with zero attached hydrogens (tertiary/aromatic N) is 2. The Labute approximate surface area is 108 Å². The normalized spacial score (nSPS) is 11.1. The van der Waals surface area contributed by atoms with E-state index in [1.807, 2.05) is 25.3 Å². The largest absolute Gasteiger partial charge is 0.232 e. The van der Waals surface area contributed by atoms with E-state index in [9.17, 15) is 0 Å². The summed E-state index contributed by atoms with van der Waals surface area (Å²) in [4.78, 5) is 9.59. The molecule has 0 amide bonds. The first-order valence-electron chi connectivity index (χ1n) is 4.85. The molecular weight excluding hydrogens is 263 g/mol. The van der Waals surface area contributed by atoms with E-state index in [0.29, 0.717) is 10.2 Å². The number of hydrogen-bond donors (Lipinski definition) is 0. The van der Waals surface area contributed by atoms with Crippen molar-refractivity contribution in [2.24, 2.45) is 0 Å². The third-order valence-corrected chi connectivity index (χ3v) is 3.64. The number of thiophene rings is 1. The van der Waals surface area contributed by atoms with Crippen LogP contribution in [-0.2, 0) is 0 Å². The number of hydrogen-bond acceptors (Lipinski definition) is 3. The molecule has 2 heterocycles. The molecule has 84 valence electrons. The zero-order chi connectivity index (χ0) is 11.7. The van der Waals surface area contributed by atoms with Gasteiger partial charge in [0.2, 0.25) is 0 Å². The van der Waals surface area contributed by atoms with E-state index in [4.69, 9.17) is 23.2 Å². The Hall–Kier alpha value is -0.640. The van der Waals surface area contributed by atoms with E-state index in [1.165, 1.54) is 0 Å². The first-order valence-corrected chi connectivity index (χ1v) is 6.49. The van der Waals surface area contributed by atoms with Crippen LogP contribution in [0.15, 0.2) is 17.5 Å². The third-order valence-electron chi connectivity index (χ3n) is 2.08. The lowest BCUT2D eigenvalue weighted by Gasteiger charge is -2.06. The Morgan fingerprint density at radius 3 is 2.56 bits per heavy atom. The molecule has 2 aromatic rings. The predicted octanol–water partition coefficient (Wildman–Crippen LogP) is 4.64. The highest BCUT2D eigenvalue weighted by Gasteiger charge is 2.11. The average Bonchev–Trinajstić information content (AvgIpc) is 2.63. The molecule has 0 saturated heterocycles. The fourth-order valence-corrected chi connectivity index (χ4v) is 2.59. The average molecular weight is 273 g/mol. The Balaban J connectivity index is 2.54. The van der Waals surface area contributed by atoms with Crippen molar-refractivity contribution in [3.05, 3.63) is 33.5 Å². The SMILES string of the molecule is CC(C)c1nc(Cl)cc(-c2sccc2Cl)n1. The second-order valence-corrected chi connectivity index (χ2v) is 5.40. The summed E-state index contributed by atoms with van der Waals surface area (Å²) in [5.41, 5.74) is 0.795. The van der Waals surface area contributed by atoms with Gasteiger partial charge in [-0.05, 0) is 11.4 Å². The Morgan fingerprint density at radius 2 is 2.00 bits per heavy atom. The summed E-state index contributed by atoms with van der Waals surface area (Å²) in [5.74, 6) is 0.989. The van der Waals surface area contributed by atoms with Gasteiger partial charge < -0.3 is 0 Å². The van der Waals surface area contributed by atoms with Gasteiger partial charge in [0.05, 0.1) is 15.6 Å². The summed E-state index contributed by atoms with van der Waals surface area (Å²) in [5, 5.41) is 3.09. The van der Waals surface area contributed by atoms with Gasteiger partial charge in [-0.3, -0.25) is 0 Å². The molecule has 0 aromatic carbocycles. The van der Waals surface area contributed by atoms with Crippen LogP contribution in [0.5, 0.6) is 0 Å². The Morgan fingerprint density at radius 1 is 1.25 bits per heavy atom. The van der Waals surface area contributed by atoms with Gasteiger partial charge in [-0.1, -0.05) is 37.0 Å². The van der Waals surface area contributed by atoms with Gasteiger partial charge in [-0.2, -0.15) is 0 Å². The molecule has 0 fully saturated rings. The van der Waals surface area contributed by atoms with Crippen LogP contribution >= 0.6 is 34.5 Å². The lowest BCUT2D eigenvalue weighted by atomic mass is 10.2. The van der Waals surface area contributed by atoms with Gasteiger partial charge in [0.1, 0.15) is 11.0 Å². The Bertz CT molecular complexity index is 508. The van der Waals surface area contributed by atoms with Crippen molar-refractivity contribution < 1.29 is 0 Å². The molecule has 16 heavy (non-hydrogen) atoms. The van der Waals surface area contributed by atoms with Crippen molar-refractivity contribution >= 4 is 34.5 Å². The van der Waals surface area contributed by atoms with Crippen LogP contribution in [-0.4, -0.2) is 9.97 Å². The number of rotatable bonds is 2. The highest BCUT2D eigenvalue weighted by atomic mass is 35.5. The fourth-order valence-electron chi connectivity index (χ4n) is 1.29. The molecule has 0 N–H and O–H groups in total. The first-order chi connectivity index (χ1) is 7.58. The second kappa shape index (κ2) is 4.70. The zero-order valence-electron chi connectivity index (χ0n) is 8.87. The summed E-state index contributed by atoms with van der Waals surface area (Å²) >= 11 is 13.6. The standard InChI is InChI=1S/C11H10Cl2N2S/c1-6(2)11-14-8(5-9(13)15-11)10-7(12)3-4-16-10/h3-6H,1-2H3. The minimum Gasteiger partial charge on any atom is -0.232 e. The van der Waals surface area contributed by atoms with E-state index in [-0.39, 0.29) is 5.92 Å². The summed E-state index contributed by atoms with van der Waals surface area (Å²) in [6.07, 6.45) is 0. The minimum absolute atomic E-state index is 0.246. The summed E-state index contributed by atoms with van der Waals surface area (Å²) < 4.78 is 0. The van der Waals surface area contributed by atoms with Crippen LogP contribution in [0.25, 0.3) is 10.6 Å². The molecule has 2 rings (SSSR count). The van der Waals surface area contributed by atoms with Gasteiger partial charge in [0.25, 0.3) is 0 Å². The van der Waals surface area contributed by atoms with Gasteiger partial charge >= 0.3 is 0 Å². The monoisotopic (exact) mass is 272 g/mol. The van der Waals surface area contributed by atoms with Gasteiger partial charge in [-0.15, -0.1) is 11.3 Å². The Kier molecular flexibility index (Phi) is 3.47. The van der Waals surface area contributed by atoms with Crippen molar-refractivity contribution in [1.29, 1.82) is 0 Å². The quantitative estimate of drug-likeness (QED) is 0.745. The van der Waals surface area contributed by atoms with Crippen LogP contribution < -0.4 is 0 Å². The maximum absolute atomic E-state index is 6.07. The maximum atomic E-state index is 6.07. The molecule has 0 spiro atoms. The second-order valence-electron chi connectivity index (χ2n) is 3.69. The molecule has 0 atom stereocenters. The van der Waals surface area contributed by atoms with Gasteiger partial charge in [-0.25, -0.2) is 9.97 Å². The molecule has 0 bridgehead atoms. The van der Waals surface area contributed by atoms with E-state index < -0.39 is 0 Å². The van der Waals surface area contributed by atoms with Crippen LogP contribution in [0.4, 0.5) is 0 Å². The van der Waals surface area contributed by atoms with Crippen molar-refractivity contribution in [1.82, 2.24) is 9.97 Å². The topological polar surface area (TPSA) is 25.8 Å². The number of halogens is 2. The first kappa shape index (κ1) is 11.8. The molecule has 0 aliphatic heterocycles. The predicted molar refractivity (Wildman–Crippen MR) is 69.5 cm³/mol.